The summed E-state index contributed by atoms with van der Waals surface area (Å²) >= 11 is 2.26. The standard InChI is InChI=1S/C18H16N4O3S2/c1-9(2)22-16(23)14(26-18(22)24)8-11-4-6-15(25-11)27-17-20-12-5-3-10(19)7-13(12)21-17/h3-9H,19H2,1-2H3,(H,20,21). The topological polar surface area (TPSA) is 105 Å². The molecule has 0 saturated carbocycles. The van der Waals surface area contributed by atoms with Gasteiger partial charge in [-0.25, -0.2) is 4.98 Å². The Bertz CT molecular complexity index is 1080. The molecule has 3 N–H and O–H groups in total. The molecule has 0 spiro atoms. The number of nitrogen functional groups attached to an aromatic ring is 1. The summed E-state index contributed by atoms with van der Waals surface area (Å²) in [5.74, 6) is 0.215. The second-order valence-corrected chi connectivity index (χ2v) is 8.21. The van der Waals surface area contributed by atoms with Crippen molar-refractivity contribution in [3.63, 3.8) is 0 Å². The number of aromatic amines is 1. The van der Waals surface area contributed by atoms with Crippen LogP contribution in [0.4, 0.5) is 10.5 Å². The Morgan fingerprint density at radius 3 is 2.85 bits per heavy atom. The summed E-state index contributed by atoms with van der Waals surface area (Å²) in [5.41, 5.74) is 8.12. The lowest BCUT2D eigenvalue weighted by atomic mass is 10.3. The van der Waals surface area contributed by atoms with Crippen molar-refractivity contribution in [2.24, 2.45) is 0 Å². The molecule has 138 valence electrons. The van der Waals surface area contributed by atoms with Gasteiger partial charge in [0.15, 0.2) is 10.2 Å². The number of nitrogens with two attached hydrogens (primary N) is 1. The van der Waals surface area contributed by atoms with Gasteiger partial charge in [0.25, 0.3) is 11.1 Å². The highest BCUT2D eigenvalue weighted by atomic mass is 32.2. The van der Waals surface area contributed by atoms with Gasteiger partial charge in [-0.05, 0) is 67.7 Å². The molecule has 1 saturated heterocycles. The molecule has 1 aliphatic rings. The van der Waals surface area contributed by atoms with Crippen molar-refractivity contribution in [2.75, 3.05) is 5.73 Å². The third-order valence-corrected chi connectivity index (χ3v) is 5.59. The van der Waals surface area contributed by atoms with E-state index in [2.05, 4.69) is 9.97 Å². The molecule has 4 rings (SSSR count). The molecule has 0 unspecified atom stereocenters. The molecular weight excluding hydrogens is 384 g/mol. The summed E-state index contributed by atoms with van der Waals surface area (Å²) in [6, 6.07) is 8.85. The van der Waals surface area contributed by atoms with E-state index in [9.17, 15) is 9.59 Å². The van der Waals surface area contributed by atoms with Crippen LogP contribution in [-0.2, 0) is 4.79 Å². The van der Waals surface area contributed by atoms with Crippen molar-refractivity contribution in [3.8, 4) is 0 Å². The van der Waals surface area contributed by atoms with Crippen molar-refractivity contribution in [3.05, 3.63) is 41.0 Å². The number of rotatable bonds is 4. The zero-order valence-electron chi connectivity index (χ0n) is 14.6. The van der Waals surface area contributed by atoms with Gasteiger partial charge in [0, 0.05) is 17.8 Å². The Morgan fingerprint density at radius 2 is 2.11 bits per heavy atom. The van der Waals surface area contributed by atoms with Crippen LogP contribution in [0.2, 0.25) is 0 Å². The molecule has 1 aliphatic heterocycles. The molecule has 2 amide bonds. The maximum Gasteiger partial charge on any atom is 0.293 e. The molecule has 1 fully saturated rings. The number of benzene rings is 1. The van der Waals surface area contributed by atoms with E-state index in [0.717, 1.165) is 22.8 Å². The van der Waals surface area contributed by atoms with Gasteiger partial charge in [0.1, 0.15) is 5.76 Å². The number of hydrogen-bond acceptors (Lipinski definition) is 7. The summed E-state index contributed by atoms with van der Waals surface area (Å²) in [7, 11) is 0. The average Bonchev–Trinajstić information content (AvgIpc) is 3.26. The molecule has 3 heterocycles. The summed E-state index contributed by atoms with van der Waals surface area (Å²) < 4.78 is 5.76. The van der Waals surface area contributed by atoms with E-state index in [-0.39, 0.29) is 17.2 Å². The van der Waals surface area contributed by atoms with E-state index >= 15 is 0 Å². The smallest absolute Gasteiger partial charge is 0.293 e. The Balaban J connectivity index is 1.53. The number of amides is 2. The van der Waals surface area contributed by atoms with Crippen LogP contribution in [0.1, 0.15) is 19.6 Å². The van der Waals surface area contributed by atoms with Gasteiger partial charge >= 0.3 is 0 Å². The monoisotopic (exact) mass is 400 g/mol. The lowest BCUT2D eigenvalue weighted by Gasteiger charge is -2.16. The quantitative estimate of drug-likeness (QED) is 0.496. The number of imide groups is 1. The molecule has 2 aromatic heterocycles. The van der Waals surface area contributed by atoms with Crippen LogP contribution in [0.15, 0.2) is 49.9 Å². The van der Waals surface area contributed by atoms with E-state index in [1.165, 1.54) is 16.7 Å². The third kappa shape index (κ3) is 3.47. The number of thioether (sulfide) groups is 1. The maximum absolute atomic E-state index is 12.3. The van der Waals surface area contributed by atoms with Gasteiger partial charge in [-0.3, -0.25) is 14.5 Å². The molecule has 0 aliphatic carbocycles. The fourth-order valence-corrected chi connectivity index (χ4v) is 4.38. The van der Waals surface area contributed by atoms with Crippen molar-refractivity contribution >= 4 is 57.5 Å². The number of carbonyl (C=O) groups is 2. The summed E-state index contributed by atoms with van der Waals surface area (Å²) in [6.07, 6.45) is 1.59. The summed E-state index contributed by atoms with van der Waals surface area (Å²) in [4.78, 5) is 33.6. The molecule has 9 heteroatoms. The highest BCUT2D eigenvalue weighted by Gasteiger charge is 2.36. The van der Waals surface area contributed by atoms with Crippen molar-refractivity contribution in [1.82, 2.24) is 14.9 Å². The van der Waals surface area contributed by atoms with Crippen molar-refractivity contribution < 1.29 is 14.0 Å². The minimum absolute atomic E-state index is 0.173. The highest BCUT2D eigenvalue weighted by Crippen LogP contribution is 2.35. The largest absolute Gasteiger partial charge is 0.450 e. The SMILES string of the molecule is CC(C)N1C(=O)SC(=Cc2ccc(Sc3nc4ccc(N)cc4[nH]3)o2)C1=O. The molecule has 27 heavy (non-hydrogen) atoms. The zero-order valence-corrected chi connectivity index (χ0v) is 16.2. The van der Waals surface area contributed by atoms with Gasteiger partial charge in [0.2, 0.25) is 0 Å². The number of fused-ring (bicyclic) bond motifs is 1. The fraction of sp³-hybridized carbons (Fsp3) is 0.167. The summed E-state index contributed by atoms with van der Waals surface area (Å²) in [6.45, 7) is 3.61. The van der Waals surface area contributed by atoms with E-state index in [4.69, 9.17) is 10.2 Å². The lowest BCUT2D eigenvalue weighted by Crippen LogP contribution is -2.34. The van der Waals surface area contributed by atoms with Crippen LogP contribution in [0.5, 0.6) is 0 Å². The molecule has 0 atom stereocenters. The van der Waals surface area contributed by atoms with Crippen LogP contribution in [0, 0.1) is 0 Å². The lowest BCUT2D eigenvalue weighted by molar-refractivity contribution is -0.123. The van der Waals surface area contributed by atoms with E-state index in [1.54, 1.807) is 24.3 Å². The number of imidazole rings is 1. The summed E-state index contributed by atoms with van der Waals surface area (Å²) in [5, 5.41) is 1.04. The molecule has 0 bridgehead atoms. The van der Waals surface area contributed by atoms with Crippen molar-refractivity contribution in [1.29, 1.82) is 0 Å². The second-order valence-electron chi connectivity index (χ2n) is 6.22. The van der Waals surface area contributed by atoms with Crippen LogP contribution in [0.25, 0.3) is 17.1 Å². The Hall–Kier alpha value is -2.65. The van der Waals surface area contributed by atoms with Crippen LogP contribution in [-0.4, -0.2) is 32.1 Å². The van der Waals surface area contributed by atoms with E-state index < -0.39 is 0 Å². The molecule has 0 radical (unpaired) electrons. The predicted octanol–water partition coefficient (Wildman–Crippen LogP) is 4.33. The molecular formula is C18H16N4O3S2. The second kappa shape index (κ2) is 6.82. The first-order chi connectivity index (χ1) is 12.9. The maximum atomic E-state index is 12.3. The van der Waals surface area contributed by atoms with E-state index in [0.29, 0.717) is 26.6 Å². The van der Waals surface area contributed by atoms with Gasteiger partial charge in [-0.2, -0.15) is 0 Å². The molecule has 3 aromatic rings. The molecule has 7 nitrogen and oxygen atoms in total. The Kier molecular flexibility index (Phi) is 4.48. The third-order valence-electron chi connectivity index (χ3n) is 3.90. The van der Waals surface area contributed by atoms with Crippen molar-refractivity contribution in [2.45, 2.75) is 30.1 Å². The van der Waals surface area contributed by atoms with Gasteiger partial charge in [0.05, 0.1) is 15.9 Å². The number of anilines is 1. The number of furan rings is 1. The Labute approximate surface area is 163 Å². The van der Waals surface area contributed by atoms with Gasteiger partial charge < -0.3 is 15.1 Å². The minimum Gasteiger partial charge on any atom is -0.450 e. The predicted molar refractivity (Wildman–Crippen MR) is 106 cm³/mol. The first-order valence-electron chi connectivity index (χ1n) is 8.21. The van der Waals surface area contributed by atoms with Gasteiger partial charge in [-0.1, -0.05) is 0 Å². The molecule has 1 aromatic carbocycles. The van der Waals surface area contributed by atoms with Crippen LogP contribution >= 0.6 is 23.5 Å². The average molecular weight is 400 g/mol. The van der Waals surface area contributed by atoms with Crippen LogP contribution in [0.3, 0.4) is 0 Å². The van der Waals surface area contributed by atoms with Gasteiger partial charge in [-0.15, -0.1) is 0 Å². The number of carbonyl (C=O) groups excluding carboxylic acids is 2. The first-order valence-corrected chi connectivity index (χ1v) is 9.84. The van der Waals surface area contributed by atoms with E-state index in [1.807, 2.05) is 26.0 Å². The number of aromatic nitrogens is 2. The Morgan fingerprint density at radius 1 is 1.30 bits per heavy atom. The number of nitrogens with zero attached hydrogens (tertiary/aromatic N) is 2. The highest BCUT2D eigenvalue weighted by molar-refractivity contribution is 8.18. The minimum atomic E-state index is -0.291. The normalized spacial score (nSPS) is 16.4. The number of nitrogens with one attached hydrogen (secondary N) is 1. The zero-order chi connectivity index (χ0) is 19.1. The fourth-order valence-electron chi connectivity index (χ4n) is 2.67. The van der Waals surface area contributed by atoms with Crippen LogP contribution < -0.4 is 5.73 Å². The number of H-pyrrole nitrogens is 1. The number of hydrogen-bond donors (Lipinski definition) is 2. The first kappa shape index (κ1) is 17.7.